The summed E-state index contributed by atoms with van der Waals surface area (Å²) in [5.74, 6) is 0.753. The zero-order chi connectivity index (χ0) is 13.7. The Morgan fingerprint density at radius 2 is 2.05 bits per heavy atom. The Labute approximate surface area is 116 Å². The Morgan fingerprint density at radius 1 is 1.32 bits per heavy atom. The molecular weight excluding hydrogens is 242 g/mol. The second-order valence-corrected chi connectivity index (χ2v) is 5.91. The van der Waals surface area contributed by atoms with Crippen molar-refractivity contribution in [3.05, 3.63) is 0 Å². The maximum atomic E-state index is 11.8. The van der Waals surface area contributed by atoms with E-state index in [1.807, 2.05) is 19.0 Å². The Hall–Kier alpha value is -0.810. The third-order valence-electron chi connectivity index (χ3n) is 4.16. The van der Waals surface area contributed by atoms with Gasteiger partial charge in [0.2, 0.25) is 0 Å². The summed E-state index contributed by atoms with van der Waals surface area (Å²) < 4.78 is 5.39. The molecule has 2 aliphatic heterocycles. The van der Waals surface area contributed by atoms with Crippen LogP contribution in [-0.2, 0) is 4.74 Å². The van der Waals surface area contributed by atoms with Crippen LogP contribution < -0.4 is 5.32 Å². The van der Waals surface area contributed by atoms with Gasteiger partial charge in [0.25, 0.3) is 0 Å². The van der Waals surface area contributed by atoms with Gasteiger partial charge in [-0.3, -0.25) is 0 Å². The summed E-state index contributed by atoms with van der Waals surface area (Å²) in [6.07, 6.45) is 4.58. The van der Waals surface area contributed by atoms with E-state index in [9.17, 15) is 4.79 Å². The number of piperidine rings is 1. The van der Waals surface area contributed by atoms with Crippen molar-refractivity contribution in [2.45, 2.75) is 31.7 Å². The Morgan fingerprint density at radius 3 is 2.63 bits per heavy atom. The van der Waals surface area contributed by atoms with E-state index >= 15 is 0 Å². The number of carbonyl (C=O) groups is 1. The standard InChI is InChI=1S/C14H27N3O2/c1-16(2)14(18)17-8-4-13(5-9-17)15-7-3-12-6-10-19-11-12/h12-13,15H,3-11H2,1-2H3. The first kappa shape index (κ1) is 14.6. The van der Waals surface area contributed by atoms with Crippen molar-refractivity contribution in [1.29, 1.82) is 0 Å². The topological polar surface area (TPSA) is 44.8 Å². The first-order valence-electron chi connectivity index (χ1n) is 7.44. The number of nitrogens with zero attached hydrogens (tertiary/aromatic N) is 2. The Bertz CT molecular complexity index is 282. The van der Waals surface area contributed by atoms with Crippen LogP contribution in [-0.4, -0.2) is 68.8 Å². The number of likely N-dealkylation sites (tertiary alicyclic amines) is 1. The second-order valence-electron chi connectivity index (χ2n) is 5.91. The molecule has 0 aliphatic carbocycles. The highest BCUT2D eigenvalue weighted by Crippen LogP contribution is 2.16. The largest absolute Gasteiger partial charge is 0.381 e. The summed E-state index contributed by atoms with van der Waals surface area (Å²) in [7, 11) is 3.63. The number of carbonyl (C=O) groups excluding carboxylic acids is 1. The summed E-state index contributed by atoms with van der Waals surface area (Å²) in [5, 5.41) is 3.63. The second kappa shape index (κ2) is 7.10. The van der Waals surface area contributed by atoms with Crippen LogP contribution in [0.2, 0.25) is 0 Å². The zero-order valence-electron chi connectivity index (χ0n) is 12.2. The Kier molecular flexibility index (Phi) is 5.45. The highest BCUT2D eigenvalue weighted by molar-refractivity contribution is 5.73. The molecule has 0 aromatic carbocycles. The van der Waals surface area contributed by atoms with Crippen LogP contribution in [0.1, 0.15) is 25.7 Å². The summed E-state index contributed by atoms with van der Waals surface area (Å²) in [5.41, 5.74) is 0. The minimum absolute atomic E-state index is 0.140. The van der Waals surface area contributed by atoms with Crippen LogP contribution in [0.25, 0.3) is 0 Å². The average Bonchev–Trinajstić information content (AvgIpc) is 2.92. The predicted octanol–water partition coefficient (Wildman–Crippen LogP) is 1.15. The molecule has 0 aromatic heterocycles. The maximum Gasteiger partial charge on any atom is 0.319 e. The first-order chi connectivity index (χ1) is 9.16. The van der Waals surface area contributed by atoms with Crippen molar-refractivity contribution in [2.24, 2.45) is 5.92 Å². The molecule has 0 bridgehead atoms. The van der Waals surface area contributed by atoms with Crippen molar-refractivity contribution < 1.29 is 9.53 Å². The predicted molar refractivity (Wildman–Crippen MR) is 75.2 cm³/mol. The molecule has 19 heavy (non-hydrogen) atoms. The van der Waals surface area contributed by atoms with Gasteiger partial charge < -0.3 is 19.9 Å². The minimum atomic E-state index is 0.140. The monoisotopic (exact) mass is 269 g/mol. The lowest BCUT2D eigenvalue weighted by Gasteiger charge is -2.34. The van der Waals surface area contributed by atoms with Crippen LogP contribution in [0, 0.1) is 5.92 Å². The van der Waals surface area contributed by atoms with Gasteiger partial charge in [0.15, 0.2) is 0 Å². The van der Waals surface area contributed by atoms with Gasteiger partial charge >= 0.3 is 6.03 Å². The first-order valence-corrected chi connectivity index (χ1v) is 7.44. The van der Waals surface area contributed by atoms with E-state index in [1.165, 1.54) is 12.8 Å². The molecule has 2 aliphatic rings. The summed E-state index contributed by atoms with van der Waals surface area (Å²) in [4.78, 5) is 15.4. The van der Waals surface area contributed by atoms with Crippen LogP contribution in [0.5, 0.6) is 0 Å². The molecule has 5 nitrogen and oxygen atoms in total. The van der Waals surface area contributed by atoms with Gasteiger partial charge in [0.1, 0.15) is 0 Å². The fourth-order valence-corrected chi connectivity index (χ4v) is 2.86. The molecule has 1 unspecified atom stereocenters. The van der Waals surface area contributed by atoms with Gasteiger partial charge in [-0.15, -0.1) is 0 Å². The van der Waals surface area contributed by atoms with E-state index < -0.39 is 0 Å². The molecule has 110 valence electrons. The number of urea groups is 1. The summed E-state index contributed by atoms with van der Waals surface area (Å²) >= 11 is 0. The molecule has 0 saturated carbocycles. The lowest BCUT2D eigenvalue weighted by molar-refractivity contribution is 0.152. The quantitative estimate of drug-likeness (QED) is 0.832. The van der Waals surface area contributed by atoms with Gasteiger partial charge in [-0.05, 0) is 38.1 Å². The summed E-state index contributed by atoms with van der Waals surface area (Å²) in [6.45, 7) is 4.72. The molecule has 0 spiro atoms. The SMILES string of the molecule is CN(C)C(=O)N1CCC(NCCC2CCOC2)CC1. The fourth-order valence-electron chi connectivity index (χ4n) is 2.86. The molecule has 1 atom stereocenters. The molecule has 2 fully saturated rings. The Balaban J connectivity index is 1.59. The molecule has 2 rings (SSSR count). The van der Waals surface area contributed by atoms with Gasteiger partial charge in [-0.2, -0.15) is 0 Å². The third kappa shape index (κ3) is 4.35. The van der Waals surface area contributed by atoms with Crippen LogP contribution in [0.15, 0.2) is 0 Å². The number of amides is 2. The van der Waals surface area contributed by atoms with Crippen molar-refractivity contribution >= 4 is 6.03 Å². The smallest absolute Gasteiger partial charge is 0.319 e. The highest BCUT2D eigenvalue weighted by atomic mass is 16.5. The molecule has 2 saturated heterocycles. The normalized spacial score (nSPS) is 24.7. The van der Waals surface area contributed by atoms with Gasteiger partial charge in [0, 0.05) is 46.4 Å². The van der Waals surface area contributed by atoms with Crippen LogP contribution in [0.3, 0.4) is 0 Å². The lowest BCUT2D eigenvalue weighted by atomic mass is 10.0. The van der Waals surface area contributed by atoms with Crippen molar-refractivity contribution in [3.63, 3.8) is 0 Å². The molecule has 5 heteroatoms. The molecule has 2 heterocycles. The van der Waals surface area contributed by atoms with Crippen molar-refractivity contribution in [2.75, 3.05) is 46.9 Å². The zero-order valence-corrected chi connectivity index (χ0v) is 12.2. The van der Waals surface area contributed by atoms with E-state index in [1.54, 1.807) is 4.90 Å². The maximum absolute atomic E-state index is 11.8. The van der Waals surface area contributed by atoms with E-state index in [0.29, 0.717) is 6.04 Å². The van der Waals surface area contributed by atoms with E-state index in [0.717, 1.165) is 51.6 Å². The lowest BCUT2D eigenvalue weighted by Crippen LogP contribution is -2.48. The number of hydrogen-bond donors (Lipinski definition) is 1. The van der Waals surface area contributed by atoms with Crippen LogP contribution in [0.4, 0.5) is 4.79 Å². The van der Waals surface area contributed by atoms with Gasteiger partial charge in [-0.1, -0.05) is 0 Å². The fraction of sp³-hybridized carbons (Fsp3) is 0.929. The van der Waals surface area contributed by atoms with Crippen LogP contribution >= 0.6 is 0 Å². The van der Waals surface area contributed by atoms with E-state index in [4.69, 9.17) is 4.74 Å². The molecule has 0 radical (unpaired) electrons. The number of nitrogens with one attached hydrogen (secondary N) is 1. The number of rotatable bonds is 4. The summed E-state index contributed by atoms with van der Waals surface area (Å²) in [6, 6.07) is 0.718. The highest BCUT2D eigenvalue weighted by Gasteiger charge is 2.23. The van der Waals surface area contributed by atoms with Crippen molar-refractivity contribution in [3.8, 4) is 0 Å². The average molecular weight is 269 g/mol. The van der Waals surface area contributed by atoms with E-state index in [-0.39, 0.29) is 6.03 Å². The van der Waals surface area contributed by atoms with Gasteiger partial charge in [0.05, 0.1) is 0 Å². The van der Waals surface area contributed by atoms with E-state index in [2.05, 4.69) is 5.32 Å². The molecular formula is C14H27N3O2. The number of hydrogen-bond acceptors (Lipinski definition) is 3. The molecule has 0 aromatic rings. The molecule has 1 N–H and O–H groups in total. The number of ether oxygens (including phenoxy) is 1. The minimum Gasteiger partial charge on any atom is -0.381 e. The van der Waals surface area contributed by atoms with Crippen molar-refractivity contribution in [1.82, 2.24) is 15.1 Å². The van der Waals surface area contributed by atoms with Gasteiger partial charge in [-0.25, -0.2) is 4.79 Å². The molecule has 2 amide bonds. The third-order valence-corrected chi connectivity index (χ3v) is 4.16.